The van der Waals surface area contributed by atoms with E-state index in [1.165, 1.54) is 26.0 Å². The van der Waals surface area contributed by atoms with E-state index in [1.807, 2.05) is 0 Å². The summed E-state index contributed by atoms with van der Waals surface area (Å²) in [6, 6.07) is 10.9. The first-order chi connectivity index (χ1) is 10.9. The molecule has 0 aliphatic carbocycles. The number of carboxylic acids is 1. The van der Waals surface area contributed by atoms with Crippen LogP contribution in [0.3, 0.4) is 0 Å². The Balaban J connectivity index is 2.52. The van der Waals surface area contributed by atoms with Gasteiger partial charge in [0.05, 0.1) is 5.56 Å². The van der Waals surface area contributed by atoms with Gasteiger partial charge in [-0.25, -0.2) is 4.79 Å². The van der Waals surface area contributed by atoms with Crippen LogP contribution >= 0.6 is 0 Å². The van der Waals surface area contributed by atoms with Crippen molar-refractivity contribution in [1.82, 2.24) is 0 Å². The van der Waals surface area contributed by atoms with Gasteiger partial charge < -0.3 is 5.11 Å². The van der Waals surface area contributed by atoms with Crippen LogP contribution in [0.1, 0.15) is 44.9 Å². The lowest BCUT2D eigenvalue weighted by Crippen LogP contribution is -2.14. The highest BCUT2D eigenvalue weighted by atomic mass is 17.2. The van der Waals surface area contributed by atoms with E-state index in [-0.39, 0.29) is 28.2 Å². The summed E-state index contributed by atoms with van der Waals surface area (Å²) in [7, 11) is 0. The molecule has 6 heteroatoms. The maximum Gasteiger partial charge on any atom is 0.339 e. The lowest BCUT2D eigenvalue weighted by Gasteiger charge is -2.13. The molecule has 23 heavy (non-hydrogen) atoms. The van der Waals surface area contributed by atoms with E-state index in [4.69, 9.17) is 9.78 Å². The molecule has 0 bridgehead atoms. The summed E-state index contributed by atoms with van der Waals surface area (Å²) in [5, 5.41) is 9.27. The average Bonchev–Trinajstić information content (AvgIpc) is 2.52. The predicted molar refractivity (Wildman–Crippen MR) is 81.1 cm³/mol. The van der Waals surface area contributed by atoms with Crippen molar-refractivity contribution in [3.8, 4) is 11.5 Å². The van der Waals surface area contributed by atoms with E-state index < -0.39 is 11.8 Å². The monoisotopic (exact) mass is 314 g/mol. The second kappa shape index (κ2) is 6.74. The number of ketones is 2. The van der Waals surface area contributed by atoms with Crippen LogP contribution in [0.4, 0.5) is 0 Å². The van der Waals surface area contributed by atoms with Gasteiger partial charge in [-0.15, -0.1) is 0 Å². The molecule has 2 aromatic carbocycles. The Kier molecular flexibility index (Phi) is 4.75. The fourth-order valence-corrected chi connectivity index (χ4v) is 2.05. The van der Waals surface area contributed by atoms with Crippen LogP contribution in [0, 0.1) is 0 Å². The smallest absolute Gasteiger partial charge is 0.339 e. The number of Topliss-reactive ketones (excluding diaryl/α,β-unsaturated/α-hetero) is 2. The number of benzene rings is 2. The summed E-state index contributed by atoms with van der Waals surface area (Å²) in [6.45, 7) is 2.51. The van der Waals surface area contributed by atoms with Gasteiger partial charge in [0.1, 0.15) is 5.56 Å². The number of rotatable bonds is 6. The molecular weight excluding hydrogens is 300 g/mol. The maximum atomic E-state index is 11.9. The van der Waals surface area contributed by atoms with E-state index in [0.717, 1.165) is 0 Å². The number of aromatic carboxylic acids is 1. The highest BCUT2D eigenvalue weighted by Crippen LogP contribution is 2.29. The SMILES string of the molecule is CC(=O)c1ccc(C(=O)O)c(OOc2ccccc2)c1C(C)=O. The second-order valence-electron chi connectivity index (χ2n) is 4.76. The summed E-state index contributed by atoms with van der Waals surface area (Å²) in [5.41, 5.74) is -0.307. The van der Waals surface area contributed by atoms with Gasteiger partial charge in [-0.1, -0.05) is 18.2 Å². The van der Waals surface area contributed by atoms with Gasteiger partial charge >= 0.3 is 5.97 Å². The number of hydrogen-bond donors (Lipinski definition) is 1. The first kappa shape index (κ1) is 16.2. The first-order valence-corrected chi connectivity index (χ1v) is 6.73. The lowest BCUT2D eigenvalue weighted by molar-refractivity contribution is -0.101. The van der Waals surface area contributed by atoms with Gasteiger partial charge in [0.2, 0.25) is 5.75 Å². The first-order valence-electron chi connectivity index (χ1n) is 6.73. The number of carbonyl (C=O) groups is 3. The molecule has 6 nitrogen and oxygen atoms in total. The number of para-hydroxylation sites is 1. The molecule has 0 fully saturated rings. The van der Waals surface area contributed by atoms with Crippen molar-refractivity contribution >= 4 is 17.5 Å². The van der Waals surface area contributed by atoms with Crippen molar-refractivity contribution in [2.45, 2.75) is 13.8 Å². The van der Waals surface area contributed by atoms with Gasteiger partial charge in [0.25, 0.3) is 0 Å². The number of hydrogen-bond acceptors (Lipinski definition) is 5. The third-order valence-electron chi connectivity index (χ3n) is 3.08. The maximum absolute atomic E-state index is 11.9. The highest BCUT2D eigenvalue weighted by Gasteiger charge is 2.25. The van der Waals surface area contributed by atoms with Crippen LogP contribution in [0.2, 0.25) is 0 Å². The molecule has 0 saturated carbocycles. The van der Waals surface area contributed by atoms with Crippen molar-refractivity contribution in [2.75, 3.05) is 0 Å². The zero-order chi connectivity index (χ0) is 17.0. The van der Waals surface area contributed by atoms with Crippen LogP contribution in [0.5, 0.6) is 11.5 Å². The van der Waals surface area contributed by atoms with Crippen molar-refractivity contribution in [1.29, 1.82) is 0 Å². The van der Waals surface area contributed by atoms with Crippen LogP contribution in [-0.2, 0) is 0 Å². The fraction of sp³-hybridized carbons (Fsp3) is 0.118. The summed E-state index contributed by atoms with van der Waals surface area (Å²) in [4.78, 5) is 45.1. The molecule has 0 aliphatic rings. The Labute approximate surface area is 132 Å². The normalized spacial score (nSPS) is 10.0. The van der Waals surface area contributed by atoms with Gasteiger partial charge in [-0.05, 0) is 38.1 Å². The number of carbonyl (C=O) groups excluding carboxylic acids is 2. The molecule has 1 N–H and O–H groups in total. The molecule has 0 heterocycles. The van der Waals surface area contributed by atoms with E-state index in [0.29, 0.717) is 5.75 Å². The summed E-state index contributed by atoms with van der Waals surface area (Å²) in [6.07, 6.45) is 0. The summed E-state index contributed by atoms with van der Waals surface area (Å²) >= 11 is 0. The van der Waals surface area contributed by atoms with E-state index in [9.17, 15) is 19.5 Å². The van der Waals surface area contributed by atoms with Crippen LogP contribution < -0.4 is 9.78 Å². The minimum Gasteiger partial charge on any atom is -0.478 e. The molecule has 0 spiro atoms. The Morgan fingerprint density at radius 1 is 0.826 bits per heavy atom. The fourth-order valence-electron chi connectivity index (χ4n) is 2.05. The lowest BCUT2D eigenvalue weighted by atomic mass is 9.97. The van der Waals surface area contributed by atoms with Crippen LogP contribution in [-0.4, -0.2) is 22.6 Å². The molecule has 2 aromatic rings. The van der Waals surface area contributed by atoms with E-state index in [1.54, 1.807) is 30.3 Å². The standard InChI is InChI=1S/C17H14O6/c1-10(18)13-8-9-14(17(20)21)16(15(13)11(2)19)23-22-12-6-4-3-5-7-12/h3-9H,1-2H3,(H,20,21). The van der Waals surface area contributed by atoms with Crippen molar-refractivity contribution in [3.63, 3.8) is 0 Å². The Morgan fingerprint density at radius 2 is 1.43 bits per heavy atom. The van der Waals surface area contributed by atoms with Gasteiger partial charge in [-0.2, -0.15) is 0 Å². The van der Waals surface area contributed by atoms with Gasteiger partial charge in [0.15, 0.2) is 17.3 Å². The quantitative estimate of drug-likeness (QED) is 0.500. The zero-order valence-electron chi connectivity index (χ0n) is 12.5. The minimum atomic E-state index is -1.30. The van der Waals surface area contributed by atoms with Crippen molar-refractivity contribution in [2.24, 2.45) is 0 Å². The minimum absolute atomic E-state index is 0.0779. The third-order valence-corrected chi connectivity index (χ3v) is 3.08. The molecule has 0 unspecified atom stereocenters. The zero-order valence-corrected chi connectivity index (χ0v) is 12.5. The molecule has 118 valence electrons. The van der Waals surface area contributed by atoms with Crippen molar-refractivity contribution in [3.05, 3.63) is 59.2 Å². The second-order valence-corrected chi connectivity index (χ2v) is 4.76. The third kappa shape index (κ3) is 3.55. The Hall–Kier alpha value is -3.15. The molecule has 0 amide bonds. The molecule has 0 aromatic heterocycles. The van der Waals surface area contributed by atoms with Gasteiger partial charge in [0, 0.05) is 5.56 Å². The highest BCUT2D eigenvalue weighted by molar-refractivity contribution is 6.11. The molecule has 0 saturated heterocycles. The Bertz CT molecular complexity index is 764. The Morgan fingerprint density at radius 3 is 1.96 bits per heavy atom. The predicted octanol–water partition coefficient (Wildman–Crippen LogP) is 3.16. The van der Waals surface area contributed by atoms with Crippen LogP contribution in [0.15, 0.2) is 42.5 Å². The summed E-state index contributed by atoms with van der Waals surface area (Å²) in [5.74, 6) is -2.14. The summed E-state index contributed by atoms with van der Waals surface area (Å²) < 4.78 is 0. The molecule has 0 radical (unpaired) electrons. The van der Waals surface area contributed by atoms with Gasteiger partial charge in [-0.3, -0.25) is 19.4 Å². The number of carboxylic acid groups (broad SMARTS) is 1. The van der Waals surface area contributed by atoms with E-state index in [2.05, 4.69) is 0 Å². The van der Waals surface area contributed by atoms with Crippen LogP contribution in [0.25, 0.3) is 0 Å². The molecule has 2 rings (SSSR count). The molecule has 0 atom stereocenters. The molecule has 0 aliphatic heterocycles. The largest absolute Gasteiger partial charge is 0.478 e. The average molecular weight is 314 g/mol. The van der Waals surface area contributed by atoms with Crippen molar-refractivity contribution < 1.29 is 29.3 Å². The topological polar surface area (TPSA) is 89.9 Å². The van der Waals surface area contributed by atoms with E-state index >= 15 is 0 Å². The molecular formula is C17H14O6.